The predicted molar refractivity (Wildman–Crippen MR) is 65.8 cm³/mol. The number of nitrogens with one attached hydrogen (secondary N) is 1. The minimum absolute atomic E-state index is 0.0946. The fourth-order valence-electron chi connectivity index (χ4n) is 4.02. The van der Waals surface area contributed by atoms with Crippen molar-refractivity contribution in [3.8, 4) is 0 Å². The van der Waals surface area contributed by atoms with Crippen LogP contribution in [0.1, 0.15) is 26.2 Å². The molecule has 18 heavy (non-hydrogen) atoms. The van der Waals surface area contributed by atoms with E-state index < -0.39 is 6.04 Å². The zero-order valence-corrected chi connectivity index (χ0v) is 10.5. The average molecular weight is 245 g/mol. The SMILES string of the molecule is CC1C(=O)CC2CC3NCC4CC2=C(C=C43)[N+]1=O. The fourth-order valence-corrected chi connectivity index (χ4v) is 4.02. The molecule has 5 aliphatic rings. The highest BCUT2D eigenvalue weighted by Gasteiger charge is 2.49. The van der Waals surface area contributed by atoms with Crippen LogP contribution in [0.2, 0.25) is 0 Å². The summed E-state index contributed by atoms with van der Waals surface area (Å²) in [6.07, 6.45) is 4.60. The van der Waals surface area contributed by atoms with E-state index in [0.717, 1.165) is 29.8 Å². The molecule has 1 N–H and O–H groups in total. The van der Waals surface area contributed by atoms with Crippen molar-refractivity contribution >= 4 is 5.78 Å². The van der Waals surface area contributed by atoms with Crippen LogP contribution in [0, 0.1) is 16.7 Å². The van der Waals surface area contributed by atoms with E-state index in [0.29, 0.717) is 18.4 Å². The second kappa shape index (κ2) is 3.38. The number of carbonyl (C=O) groups excluding carboxylic acids is 1. The van der Waals surface area contributed by atoms with E-state index in [2.05, 4.69) is 11.4 Å². The lowest BCUT2D eigenvalue weighted by Gasteiger charge is -2.19. The number of hydrogen-bond acceptors (Lipinski definition) is 3. The summed E-state index contributed by atoms with van der Waals surface area (Å²) >= 11 is 0. The highest BCUT2D eigenvalue weighted by molar-refractivity contribution is 5.83. The molecule has 6 bridgehead atoms. The number of rotatable bonds is 0. The van der Waals surface area contributed by atoms with Gasteiger partial charge in [0.05, 0.1) is 0 Å². The molecule has 5 rings (SSSR count). The van der Waals surface area contributed by atoms with E-state index in [1.165, 1.54) is 11.1 Å². The average Bonchev–Trinajstić information content (AvgIpc) is 2.58. The Morgan fingerprint density at radius 3 is 3.00 bits per heavy atom. The Morgan fingerprint density at radius 1 is 1.33 bits per heavy atom. The second-order valence-corrected chi connectivity index (χ2v) is 6.02. The van der Waals surface area contributed by atoms with E-state index in [9.17, 15) is 9.70 Å². The molecule has 4 nitrogen and oxygen atoms in total. The van der Waals surface area contributed by atoms with Gasteiger partial charge in [0, 0.05) is 47.2 Å². The molecule has 0 aromatic rings. The van der Waals surface area contributed by atoms with Crippen molar-refractivity contribution in [3.63, 3.8) is 0 Å². The Bertz CT molecular complexity index is 532. The number of Topliss-reactive ketones (excluding diaryl/α,β-unsaturated/α-hetero) is 1. The second-order valence-electron chi connectivity index (χ2n) is 6.02. The van der Waals surface area contributed by atoms with Crippen LogP contribution in [0.25, 0.3) is 0 Å². The summed E-state index contributed by atoms with van der Waals surface area (Å²) in [4.78, 5) is 24.4. The first-order chi connectivity index (χ1) is 8.65. The zero-order chi connectivity index (χ0) is 12.4. The molecular formula is C14H17N2O2+. The van der Waals surface area contributed by atoms with Gasteiger partial charge in [0.15, 0.2) is 0 Å². The molecule has 0 aromatic carbocycles. The van der Waals surface area contributed by atoms with Crippen LogP contribution in [0.4, 0.5) is 0 Å². The first-order valence-electron chi connectivity index (χ1n) is 6.82. The van der Waals surface area contributed by atoms with E-state index in [1.807, 2.05) is 0 Å². The van der Waals surface area contributed by atoms with Crippen LogP contribution in [0.15, 0.2) is 22.9 Å². The third kappa shape index (κ3) is 1.21. The maximum atomic E-state index is 12.3. The summed E-state index contributed by atoms with van der Waals surface area (Å²) in [5.74, 6) is 0.943. The lowest BCUT2D eigenvalue weighted by atomic mass is 9.84. The lowest BCUT2D eigenvalue weighted by Crippen LogP contribution is -2.30. The van der Waals surface area contributed by atoms with Crippen molar-refractivity contribution in [1.82, 2.24) is 5.32 Å². The van der Waals surface area contributed by atoms with Crippen molar-refractivity contribution in [2.45, 2.75) is 38.3 Å². The molecule has 3 aliphatic carbocycles. The van der Waals surface area contributed by atoms with E-state index in [1.54, 1.807) is 6.92 Å². The van der Waals surface area contributed by atoms with E-state index >= 15 is 0 Å². The number of carbonyl (C=O) groups is 1. The number of nitrogens with zero attached hydrogens (tertiary/aromatic N) is 1. The molecular weight excluding hydrogens is 228 g/mol. The van der Waals surface area contributed by atoms with Gasteiger partial charge in [-0.15, -0.1) is 0 Å². The molecule has 0 radical (unpaired) electrons. The van der Waals surface area contributed by atoms with Crippen molar-refractivity contribution in [2.75, 3.05) is 6.54 Å². The third-order valence-corrected chi connectivity index (χ3v) is 5.10. The monoisotopic (exact) mass is 245 g/mol. The Hall–Kier alpha value is -1.29. The molecule has 1 saturated carbocycles. The standard InChI is InChI=1S/C14H17N2O2/c1-7-14(17)4-8-3-12-10-5-13(16(7)18)11(8)2-9(10)6-15-12/h5,7-9,12,15H,2-4,6H2,1H3/q+1. The molecule has 4 heteroatoms. The molecule has 4 atom stereocenters. The van der Waals surface area contributed by atoms with Gasteiger partial charge in [-0.25, -0.2) is 0 Å². The predicted octanol–water partition coefficient (Wildman–Crippen LogP) is 1.32. The van der Waals surface area contributed by atoms with Gasteiger partial charge < -0.3 is 5.32 Å². The molecule has 0 amide bonds. The van der Waals surface area contributed by atoms with Crippen LogP contribution in [0.3, 0.4) is 0 Å². The highest BCUT2D eigenvalue weighted by atomic mass is 16.3. The first kappa shape index (κ1) is 10.6. The van der Waals surface area contributed by atoms with Gasteiger partial charge in [0.1, 0.15) is 0 Å². The Morgan fingerprint density at radius 2 is 2.17 bits per heavy atom. The maximum Gasteiger partial charge on any atom is 0.262 e. The molecule has 2 fully saturated rings. The molecule has 4 unspecified atom stereocenters. The van der Waals surface area contributed by atoms with Gasteiger partial charge in [-0.1, -0.05) is 0 Å². The summed E-state index contributed by atoms with van der Waals surface area (Å²) in [5.41, 5.74) is 3.45. The Balaban J connectivity index is 1.89. The zero-order valence-electron chi connectivity index (χ0n) is 10.5. The van der Waals surface area contributed by atoms with Crippen molar-refractivity contribution < 1.29 is 9.55 Å². The summed E-state index contributed by atoms with van der Waals surface area (Å²) in [6.45, 7) is 2.77. The van der Waals surface area contributed by atoms with Gasteiger partial charge in [0.2, 0.25) is 5.78 Å². The number of hydrogen-bond donors (Lipinski definition) is 1. The fraction of sp³-hybridized carbons (Fsp3) is 0.643. The smallest absolute Gasteiger partial charge is 0.262 e. The molecule has 2 heterocycles. The van der Waals surface area contributed by atoms with Crippen molar-refractivity contribution in [1.29, 1.82) is 0 Å². The van der Waals surface area contributed by atoms with Crippen LogP contribution in [-0.4, -0.2) is 29.2 Å². The third-order valence-electron chi connectivity index (χ3n) is 5.10. The van der Waals surface area contributed by atoms with E-state index in [4.69, 9.17) is 0 Å². The van der Waals surface area contributed by atoms with Gasteiger partial charge in [0.25, 0.3) is 11.7 Å². The molecule has 0 aromatic heterocycles. The Labute approximate surface area is 106 Å². The quantitative estimate of drug-likeness (QED) is 0.655. The summed E-state index contributed by atoms with van der Waals surface area (Å²) in [5, 5.41) is 3.53. The largest absolute Gasteiger partial charge is 0.310 e. The summed E-state index contributed by atoms with van der Waals surface area (Å²) < 4.78 is 0.960. The normalized spacial score (nSPS) is 41.9. The first-order valence-corrected chi connectivity index (χ1v) is 6.82. The number of ketones is 1. The molecule has 2 aliphatic heterocycles. The van der Waals surface area contributed by atoms with Crippen LogP contribution >= 0.6 is 0 Å². The van der Waals surface area contributed by atoms with Crippen LogP contribution < -0.4 is 5.32 Å². The van der Waals surface area contributed by atoms with Crippen LogP contribution in [-0.2, 0) is 4.79 Å². The van der Waals surface area contributed by atoms with Gasteiger partial charge in [-0.2, -0.15) is 0 Å². The van der Waals surface area contributed by atoms with Gasteiger partial charge in [-0.3, -0.25) is 4.79 Å². The van der Waals surface area contributed by atoms with Crippen molar-refractivity contribution in [3.05, 3.63) is 27.8 Å². The van der Waals surface area contributed by atoms with Gasteiger partial charge in [-0.05, 0) is 30.3 Å². The topological polar surface area (TPSA) is 49.2 Å². The molecule has 1 saturated heterocycles. The Kier molecular flexibility index (Phi) is 1.99. The number of nitroso groups, excluding NO2 is 1. The minimum Gasteiger partial charge on any atom is -0.310 e. The molecule has 0 spiro atoms. The van der Waals surface area contributed by atoms with Crippen molar-refractivity contribution in [2.24, 2.45) is 11.8 Å². The van der Waals surface area contributed by atoms with Gasteiger partial charge >= 0.3 is 0 Å². The lowest BCUT2D eigenvalue weighted by molar-refractivity contribution is -0.516. The highest BCUT2D eigenvalue weighted by Crippen LogP contribution is 2.47. The summed E-state index contributed by atoms with van der Waals surface area (Å²) in [6, 6.07) is -0.121. The minimum atomic E-state index is -0.515. The van der Waals surface area contributed by atoms with Crippen LogP contribution in [0.5, 0.6) is 0 Å². The maximum absolute atomic E-state index is 12.3. The van der Waals surface area contributed by atoms with E-state index in [-0.39, 0.29) is 11.7 Å². The summed E-state index contributed by atoms with van der Waals surface area (Å²) in [7, 11) is 0. The molecule has 94 valence electrons. The number of allylic oxidation sites excluding steroid dienone is 2.